The van der Waals surface area contributed by atoms with Crippen molar-refractivity contribution in [2.75, 3.05) is 6.61 Å². The van der Waals surface area contributed by atoms with Gasteiger partial charge < -0.3 is 9.84 Å². The highest BCUT2D eigenvalue weighted by Crippen LogP contribution is 2.31. The Bertz CT molecular complexity index is 300. The van der Waals surface area contributed by atoms with E-state index in [4.69, 9.17) is 4.74 Å². The number of rotatable bonds is 2. The van der Waals surface area contributed by atoms with E-state index in [9.17, 15) is 5.11 Å². The van der Waals surface area contributed by atoms with Gasteiger partial charge in [0.2, 0.25) is 0 Å². The molecule has 15 heavy (non-hydrogen) atoms. The highest BCUT2D eigenvalue weighted by Gasteiger charge is 2.35. The van der Waals surface area contributed by atoms with E-state index in [0.717, 1.165) is 31.4 Å². The summed E-state index contributed by atoms with van der Waals surface area (Å²) in [7, 11) is 0. The molecule has 0 saturated carbocycles. The van der Waals surface area contributed by atoms with Crippen LogP contribution in [0.2, 0.25) is 0 Å². The Kier molecular flexibility index (Phi) is 3.08. The Morgan fingerprint density at radius 2 is 2.00 bits per heavy atom. The topological polar surface area (TPSA) is 29.5 Å². The summed E-state index contributed by atoms with van der Waals surface area (Å²) in [6.07, 6.45) is 3.14. The van der Waals surface area contributed by atoms with Crippen molar-refractivity contribution in [1.29, 1.82) is 0 Å². The first-order valence-corrected chi connectivity index (χ1v) is 5.61. The third-order valence-electron chi connectivity index (χ3n) is 3.16. The second-order valence-corrected chi connectivity index (χ2v) is 4.37. The van der Waals surface area contributed by atoms with Crippen LogP contribution in [0.15, 0.2) is 30.3 Å². The van der Waals surface area contributed by atoms with Crippen LogP contribution in [0, 0.1) is 0 Å². The lowest BCUT2D eigenvalue weighted by Gasteiger charge is -2.35. The molecule has 0 radical (unpaired) electrons. The molecular weight excluding hydrogens is 188 g/mol. The van der Waals surface area contributed by atoms with Crippen LogP contribution in [0.5, 0.6) is 0 Å². The lowest BCUT2D eigenvalue weighted by Crippen LogP contribution is -2.40. The maximum atomic E-state index is 10.5. The summed E-state index contributed by atoms with van der Waals surface area (Å²) >= 11 is 0. The third kappa shape index (κ3) is 2.21. The van der Waals surface area contributed by atoms with E-state index in [1.807, 2.05) is 37.3 Å². The number of ether oxygens (including phenoxy) is 1. The van der Waals surface area contributed by atoms with Crippen LogP contribution in [0.4, 0.5) is 0 Å². The second kappa shape index (κ2) is 4.33. The molecule has 2 nitrogen and oxygen atoms in total. The fourth-order valence-electron chi connectivity index (χ4n) is 2.15. The van der Waals surface area contributed by atoms with Crippen molar-refractivity contribution in [3.63, 3.8) is 0 Å². The molecule has 1 aliphatic heterocycles. The van der Waals surface area contributed by atoms with Gasteiger partial charge in [-0.3, -0.25) is 0 Å². The highest BCUT2D eigenvalue weighted by molar-refractivity contribution is 5.23. The van der Waals surface area contributed by atoms with Crippen molar-refractivity contribution in [2.24, 2.45) is 0 Å². The predicted molar refractivity (Wildman–Crippen MR) is 59.6 cm³/mol. The van der Waals surface area contributed by atoms with Crippen molar-refractivity contribution in [1.82, 2.24) is 0 Å². The fourth-order valence-corrected chi connectivity index (χ4v) is 2.15. The molecule has 0 aliphatic carbocycles. The van der Waals surface area contributed by atoms with Crippen LogP contribution in [-0.4, -0.2) is 17.8 Å². The molecule has 0 unspecified atom stereocenters. The van der Waals surface area contributed by atoms with Gasteiger partial charge in [-0.05, 0) is 31.7 Å². The largest absolute Gasteiger partial charge is 0.383 e. The van der Waals surface area contributed by atoms with Gasteiger partial charge in [-0.15, -0.1) is 0 Å². The Morgan fingerprint density at radius 3 is 2.60 bits per heavy atom. The van der Waals surface area contributed by atoms with Crippen LogP contribution in [0.1, 0.15) is 31.7 Å². The molecule has 1 aliphatic rings. The van der Waals surface area contributed by atoms with Crippen molar-refractivity contribution < 1.29 is 9.84 Å². The molecule has 2 rings (SSSR count). The van der Waals surface area contributed by atoms with Crippen LogP contribution in [0.3, 0.4) is 0 Å². The number of benzene rings is 1. The van der Waals surface area contributed by atoms with Gasteiger partial charge in [0.15, 0.2) is 0 Å². The van der Waals surface area contributed by atoms with Crippen LogP contribution in [-0.2, 0) is 10.3 Å². The van der Waals surface area contributed by atoms with E-state index >= 15 is 0 Å². The zero-order valence-electron chi connectivity index (χ0n) is 9.15. The first kappa shape index (κ1) is 10.7. The number of aliphatic hydroxyl groups is 1. The van der Waals surface area contributed by atoms with Gasteiger partial charge in [-0.1, -0.05) is 30.3 Å². The van der Waals surface area contributed by atoms with Crippen LogP contribution in [0.25, 0.3) is 0 Å². The summed E-state index contributed by atoms with van der Waals surface area (Å²) in [6.45, 7) is 2.62. The molecular formula is C13H18O2. The maximum absolute atomic E-state index is 10.5. The van der Waals surface area contributed by atoms with Gasteiger partial charge in [0.25, 0.3) is 0 Å². The van der Waals surface area contributed by atoms with Gasteiger partial charge >= 0.3 is 0 Å². The molecule has 0 aromatic heterocycles. The summed E-state index contributed by atoms with van der Waals surface area (Å²) in [4.78, 5) is 0. The van der Waals surface area contributed by atoms with Gasteiger partial charge in [-0.25, -0.2) is 0 Å². The monoisotopic (exact) mass is 206 g/mol. The number of hydrogen-bond acceptors (Lipinski definition) is 2. The zero-order chi connectivity index (χ0) is 10.7. The average molecular weight is 206 g/mol. The van der Waals surface area contributed by atoms with Crippen LogP contribution < -0.4 is 0 Å². The summed E-state index contributed by atoms with van der Waals surface area (Å²) < 4.78 is 5.65. The van der Waals surface area contributed by atoms with Gasteiger partial charge in [-0.2, -0.15) is 0 Å². The van der Waals surface area contributed by atoms with Crippen molar-refractivity contribution in [2.45, 2.75) is 37.9 Å². The molecule has 82 valence electrons. The zero-order valence-corrected chi connectivity index (χ0v) is 9.15. The number of hydrogen-bond donors (Lipinski definition) is 1. The summed E-state index contributed by atoms with van der Waals surface area (Å²) in [5.74, 6) is 0. The maximum Gasteiger partial charge on any atom is 0.113 e. The Hall–Kier alpha value is -0.860. The quantitative estimate of drug-likeness (QED) is 0.805. The Balaban J connectivity index is 2.18. The van der Waals surface area contributed by atoms with Crippen LogP contribution >= 0.6 is 0 Å². The second-order valence-electron chi connectivity index (χ2n) is 4.37. The van der Waals surface area contributed by atoms with E-state index in [-0.39, 0.29) is 6.10 Å². The first-order chi connectivity index (χ1) is 7.21. The minimum atomic E-state index is -0.859. The molecule has 2 heteroatoms. The lowest BCUT2D eigenvalue weighted by molar-refractivity contribution is -0.122. The standard InChI is InChI=1S/C13H18O2/c1-13(14,11-7-3-2-4-8-11)12-9-5-6-10-15-12/h2-4,7-8,12,14H,5-6,9-10H2,1H3/t12-,13+/m1/s1. The fraction of sp³-hybridized carbons (Fsp3) is 0.538. The predicted octanol–water partition coefficient (Wildman–Crippen LogP) is 2.46. The minimum Gasteiger partial charge on any atom is -0.383 e. The molecule has 0 amide bonds. The van der Waals surface area contributed by atoms with Crippen molar-refractivity contribution >= 4 is 0 Å². The molecule has 1 aromatic rings. The first-order valence-electron chi connectivity index (χ1n) is 5.61. The highest BCUT2D eigenvalue weighted by atomic mass is 16.5. The third-order valence-corrected chi connectivity index (χ3v) is 3.16. The molecule has 1 aromatic carbocycles. The van der Waals surface area contributed by atoms with E-state index in [0.29, 0.717) is 0 Å². The summed E-state index contributed by atoms with van der Waals surface area (Å²) in [5, 5.41) is 10.5. The van der Waals surface area contributed by atoms with E-state index in [1.54, 1.807) is 0 Å². The average Bonchev–Trinajstić information content (AvgIpc) is 2.31. The molecule has 1 saturated heterocycles. The smallest absolute Gasteiger partial charge is 0.113 e. The molecule has 2 atom stereocenters. The van der Waals surface area contributed by atoms with E-state index in [2.05, 4.69) is 0 Å². The van der Waals surface area contributed by atoms with Crippen molar-refractivity contribution in [3.8, 4) is 0 Å². The molecule has 0 spiro atoms. The lowest BCUT2D eigenvalue weighted by atomic mass is 9.86. The Morgan fingerprint density at radius 1 is 1.27 bits per heavy atom. The summed E-state index contributed by atoms with van der Waals surface area (Å²) in [5.41, 5.74) is 0.0821. The normalized spacial score (nSPS) is 25.9. The van der Waals surface area contributed by atoms with Gasteiger partial charge in [0, 0.05) is 6.61 Å². The van der Waals surface area contributed by atoms with Gasteiger partial charge in [0.1, 0.15) is 5.60 Å². The molecule has 1 heterocycles. The Labute approximate surface area is 90.9 Å². The van der Waals surface area contributed by atoms with Gasteiger partial charge in [0.05, 0.1) is 6.10 Å². The molecule has 1 fully saturated rings. The molecule has 1 N–H and O–H groups in total. The summed E-state index contributed by atoms with van der Waals surface area (Å²) in [6, 6.07) is 9.77. The van der Waals surface area contributed by atoms with E-state index in [1.165, 1.54) is 0 Å². The van der Waals surface area contributed by atoms with E-state index < -0.39 is 5.60 Å². The SMILES string of the molecule is C[C@](O)(c1ccccc1)[C@H]1CCCCO1. The molecule has 0 bridgehead atoms. The van der Waals surface area contributed by atoms with Crippen molar-refractivity contribution in [3.05, 3.63) is 35.9 Å². The minimum absolute atomic E-state index is 0.0614.